The Kier molecular flexibility index (Phi) is 1.99. The molecular formula is C17H12O3. The van der Waals surface area contributed by atoms with Gasteiger partial charge in [0, 0.05) is 0 Å². The van der Waals surface area contributed by atoms with Crippen molar-refractivity contribution < 1.29 is 15.3 Å². The fraction of sp³-hybridized carbons (Fsp3) is 0.0588. The number of phenolic OH excluding ortho intramolecular Hbond substituents is 2. The first-order chi connectivity index (χ1) is 9.59. The molecule has 0 bridgehead atoms. The van der Waals surface area contributed by atoms with Gasteiger partial charge in [-0.15, -0.1) is 0 Å². The maximum Gasteiger partial charge on any atom is 0.158 e. The Morgan fingerprint density at radius 2 is 1.75 bits per heavy atom. The van der Waals surface area contributed by atoms with Crippen LogP contribution in [0.5, 0.6) is 11.5 Å². The molecule has 0 heterocycles. The maximum atomic E-state index is 10.8. The lowest BCUT2D eigenvalue weighted by atomic mass is 9.79. The average molecular weight is 264 g/mol. The molecule has 3 nitrogen and oxygen atoms in total. The number of allylic oxidation sites excluding steroid dienone is 2. The predicted octanol–water partition coefficient (Wildman–Crippen LogP) is 2.96. The molecule has 98 valence electrons. The molecule has 0 saturated heterocycles. The minimum Gasteiger partial charge on any atom is -0.504 e. The van der Waals surface area contributed by atoms with E-state index in [9.17, 15) is 15.3 Å². The van der Waals surface area contributed by atoms with E-state index in [0.717, 1.165) is 27.5 Å². The maximum absolute atomic E-state index is 10.8. The second kappa shape index (κ2) is 3.52. The van der Waals surface area contributed by atoms with E-state index in [1.54, 1.807) is 6.08 Å². The van der Waals surface area contributed by atoms with Gasteiger partial charge < -0.3 is 15.3 Å². The smallest absolute Gasteiger partial charge is 0.158 e. The summed E-state index contributed by atoms with van der Waals surface area (Å²) < 4.78 is 0. The average Bonchev–Trinajstić information content (AvgIpc) is 2.81. The lowest BCUT2D eigenvalue weighted by Gasteiger charge is -2.30. The highest BCUT2D eigenvalue weighted by atomic mass is 16.3. The first-order valence-corrected chi connectivity index (χ1v) is 6.39. The second-order valence-electron chi connectivity index (χ2n) is 5.17. The molecule has 4 rings (SSSR count). The molecule has 2 aliphatic rings. The summed E-state index contributed by atoms with van der Waals surface area (Å²) in [6, 6.07) is 6.76. The van der Waals surface area contributed by atoms with Gasteiger partial charge in [0.15, 0.2) is 11.5 Å². The number of rotatable bonds is 0. The summed E-state index contributed by atoms with van der Waals surface area (Å²) in [5.41, 5.74) is 1.40. The molecule has 2 aromatic carbocycles. The van der Waals surface area contributed by atoms with E-state index >= 15 is 0 Å². The van der Waals surface area contributed by atoms with Crippen molar-refractivity contribution in [2.24, 2.45) is 0 Å². The molecule has 0 aromatic heterocycles. The molecular weight excluding hydrogens is 252 g/mol. The van der Waals surface area contributed by atoms with Gasteiger partial charge in [-0.2, -0.15) is 0 Å². The van der Waals surface area contributed by atoms with Gasteiger partial charge in [0.05, 0.1) is 0 Å². The largest absolute Gasteiger partial charge is 0.504 e. The predicted molar refractivity (Wildman–Crippen MR) is 77.4 cm³/mol. The minimum atomic E-state index is -1.09. The van der Waals surface area contributed by atoms with Crippen LogP contribution >= 0.6 is 0 Å². The van der Waals surface area contributed by atoms with Crippen LogP contribution in [0.3, 0.4) is 0 Å². The monoisotopic (exact) mass is 264 g/mol. The Hall–Kier alpha value is -2.52. The van der Waals surface area contributed by atoms with E-state index in [0.29, 0.717) is 0 Å². The standard InChI is InChI=1S/C17H12O3/c18-15-8-10-3-6-14-12(13(10)9-16(15)19)5-4-11-2-1-7-17(11,14)20/h1-9,18-20H. The molecule has 20 heavy (non-hydrogen) atoms. The van der Waals surface area contributed by atoms with Gasteiger partial charge in [-0.1, -0.05) is 36.4 Å². The number of aromatic hydroxyl groups is 2. The van der Waals surface area contributed by atoms with Crippen LogP contribution in [0.4, 0.5) is 0 Å². The van der Waals surface area contributed by atoms with Crippen molar-refractivity contribution in [1.82, 2.24) is 0 Å². The van der Waals surface area contributed by atoms with Crippen molar-refractivity contribution in [3.05, 3.63) is 65.3 Å². The molecule has 1 atom stereocenters. The fourth-order valence-electron chi connectivity index (χ4n) is 3.00. The Labute approximate surface area is 115 Å². The van der Waals surface area contributed by atoms with Gasteiger partial charge >= 0.3 is 0 Å². The molecule has 0 aliphatic heterocycles. The van der Waals surface area contributed by atoms with Gasteiger partial charge in [0.25, 0.3) is 0 Å². The third kappa shape index (κ3) is 1.27. The van der Waals surface area contributed by atoms with Gasteiger partial charge in [-0.25, -0.2) is 0 Å². The summed E-state index contributed by atoms with van der Waals surface area (Å²) in [5.74, 6) is -0.299. The zero-order valence-electron chi connectivity index (χ0n) is 10.5. The quantitative estimate of drug-likeness (QED) is 0.641. The lowest BCUT2D eigenvalue weighted by molar-refractivity contribution is 0.136. The van der Waals surface area contributed by atoms with Gasteiger partial charge in [-0.3, -0.25) is 0 Å². The molecule has 0 radical (unpaired) electrons. The summed E-state index contributed by atoms with van der Waals surface area (Å²) in [5, 5.41) is 31.7. The second-order valence-corrected chi connectivity index (χ2v) is 5.17. The van der Waals surface area contributed by atoms with Gasteiger partial charge in [-0.05, 0) is 45.7 Å². The van der Waals surface area contributed by atoms with Crippen LogP contribution in [0, 0.1) is 0 Å². The van der Waals surface area contributed by atoms with E-state index in [1.807, 2.05) is 36.4 Å². The van der Waals surface area contributed by atoms with Crippen molar-refractivity contribution >= 4 is 16.8 Å². The van der Waals surface area contributed by atoms with Crippen molar-refractivity contribution in [3.63, 3.8) is 0 Å². The van der Waals surface area contributed by atoms with Crippen LogP contribution in [-0.2, 0) is 5.60 Å². The van der Waals surface area contributed by atoms with E-state index in [4.69, 9.17) is 0 Å². The fourth-order valence-corrected chi connectivity index (χ4v) is 3.00. The third-order valence-corrected chi connectivity index (χ3v) is 4.05. The Morgan fingerprint density at radius 1 is 0.950 bits per heavy atom. The first kappa shape index (κ1) is 11.3. The summed E-state index contributed by atoms with van der Waals surface area (Å²) >= 11 is 0. The number of phenols is 2. The van der Waals surface area contributed by atoms with Crippen LogP contribution in [0.15, 0.2) is 54.1 Å². The number of benzene rings is 2. The topological polar surface area (TPSA) is 60.7 Å². The van der Waals surface area contributed by atoms with Crippen LogP contribution in [0.2, 0.25) is 0 Å². The summed E-state index contributed by atoms with van der Waals surface area (Å²) in [6.45, 7) is 0. The van der Waals surface area contributed by atoms with Crippen LogP contribution < -0.4 is 0 Å². The highest BCUT2D eigenvalue weighted by Gasteiger charge is 2.36. The SMILES string of the molecule is Oc1cc2ccc3c(c2cc1O)C=CC1=CC=CC13O. The molecule has 1 unspecified atom stereocenters. The summed E-state index contributed by atoms with van der Waals surface area (Å²) in [4.78, 5) is 0. The first-order valence-electron chi connectivity index (χ1n) is 6.39. The highest BCUT2D eigenvalue weighted by molar-refractivity contribution is 5.96. The molecule has 0 amide bonds. The third-order valence-electron chi connectivity index (χ3n) is 4.05. The Balaban J connectivity index is 2.11. The minimum absolute atomic E-state index is 0.141. The van der Waals surface area contributed by atoms with Crippen molar-refractivity contribution in [3.8, 4) is 11.5 Å². The molecule has 2 aromatic rings. The zero-order chi connectivity index (χ0) is 13.9. The highest BCUT2D eigenvalue weighted by Crippen LogP contribution is 2.44. The number of fused-ring (bicyclic) bond motifs is 5. The van der Waals surface area contributed by atoms with E-state index in [2.05, 4.69) is 0 Å². The molecule has 3 N–H and O–H groups in total. The Bertz CT molecular complexity index is 843. The molecule has 3 heteroatoms. The zero-order valence-corrected chi connectivity index (χ0v) is 10.5. The van der Waals surface area contributed by atoms with Crippen LogP contribution in [0.25, 0.3) is 16.8 Å². The normalized spacial score (nSPS) is 22.8. The van der Waals surface area contributed by atoms with Crippen molar-refractivity contribution in [2.75, 3.05) is 0 Å². The molecule has 0 spiro atoms. The summed E-state index contributed by atoms with van der Waals surface area (Å²) in [6.07, 6.45) is 9.30. The van der Waals surface area contributed by atoms with Crippen LogP contribution in [-0.4, -0.2) is 15.3 Å². The summed E-state index contributed by atoms with van der Waals surface area (Å²) in [7, 11) is 0. The van der Waals surface area contributed by atoms with E-state index < -0.39 is 5.60 Å². The van der Waals surface area contributed by atoms with E-state index in [1.165, 1.54) is 12.1 Å². The number of hydrogen-bond donors (Lipinski definition) is 3. The lowest BCUT2D eigenvalue weighted by Crippen LogP contribution is -2.26. The van der Waals surface area contributed by atoms with Gasteiger partial charge in [0.2, 0.25) is 0 Å². The Morgan fingerprint density at radius 3 is 2.60 bits per heavy atom. The number of hydrogen-bond acceptors (Lipinski definition) is 3. The molecule has 0 fully saturated rings. The molecule has 0 saturated carbocycles. The molecule has 2 aliphatic carbocycles. The number of aliphatic hydroxyl groups is 1. The van der Waals surface area contributed by atoms with Crippen LogP contribution in [0.1, 0.15) is 11.1 Å². The van der Waals surface area contributed by atoms with Crippen molar-refractivity contribution in [2.45, 2.75) is 5.60 Å². The van der Waals surface area contributed by atoms with Crippen molar-refractivity contribution in [1.29, 1.82) is 0 Å². The van der Waals surface area contributed by atoms with E-state index in [-0.39, 0.29) is 11.5 Å². The van der Waals surface area contributed by atoms with Gasteiger partial charge in [0.1, 0.15) is 5.60 Å².